The van der Waals surface area contributed by atoms with E-state index in [-0.39, 0.29) is 29.6 Å². The molecule has 0 radical (unpaired) electrons. The number of ether oxygens (including phenoxy) is 1. The molecule has 116 valence electrons. The summed E-state index contributed by atoms with van der Waals surface area (Å²) in [7, 11) is 0. The fourth-order valence-corrected chi connectivity index (χ4v) is 2.57. The van der Waals surface area contributed by atoms with Crippen LogP contribution < -0.4 is 0 Å². The molecule has 1 aromatic rings. The highest BCUT2D eigenvalue weighted by Gasteiger charge is 2.21. The van der Waals surface area contributed by atoms with Gasteiger partial charge in [-0.2, -0.15) is 0 Å². The highest BCUT2D eigenvalue weighted by atomic mass is 35.5. The standard InChI is InChI=1S/C18H19ClO3/c1-12(2)18(21)22-10-9-13-7-8-17(20)15(11-13)14-5-3-4-6-16(14)19/h3-8,11,14,16,20H,1,9-10H2,2H3. The van der Waals surface area contributed by atoms with E-state index >= 15 is 0 Å². The van der Waals surface area contributed by atoms with Gasteiger partial charge >= 0.3 is 5.97 Å². The number of benzene rings is 1. The van der Waals surface area contributed by atoms with Crippen molar-refractivity contribution in [2.24, 2.45) is 0 Å². The van der Waals surface area contributed by atoms with Gasteiger partial charge in [0.1, 0.15) is 5.75 Å². The van der Waals surface area contributed by atoms with Gasteiger partial charge < -0.3 is 9.84 Å². The Labute approximate surface area is 135 Å². The van der Waals surface area contributed by atoms with Crippen molar-refractivity contribution in [2.75, 3.05) is 6.61 Å². The maximum atomic E-state index is 11.3. The van der Waals surface area contributed by atoms with Crippen LogP contribution in [0.4, 0.5) is 0 Å². The summed E-state index contributed by atoms with van der Waals surface area (Å²) in [4.78, 5) is 11.3. The molecule has 0 heterocycles. The zero-order chi connectivity index (χ0) is 16.1. The number of halogens is 1. The van der Waals surface area contributed by atoms with Crippen LogP contribution in [0.2, 0.25) is 0 Å². The summed E-state index contributed by atoms with van der Waals surface area (Å²) in [5.74, 6) is -0.233. The maximum absolute atomic E-state index is 11.3. The lowest BCUT2D eigenvalue weighted by atomic mass is 9.90. The highest BCUT2D eigenvalue weighted by Crippen LogP contribution is 2.35. The van der Waals surface area contributed by atoms with E-state index in [1.165, 1.54) is 0 Å². The third-order valence-electron chi connectivity index (χ3n) is 3.49. The van der Waals surface area contributed by atoms with Gasteiger partial charge in [-0.3, -0.25) is 0 Å². The van der Waals surface area contributed by atoms with E-state index in [0.29, 0.717) is 12.0 Å². The molecule has 2 unspecified atom stereocenters. The number of phenolic OH excluding ortho intramolecular Hbond substituents is 1. The number of carbonyl (C=O) groups excluding carboxylic acids is 1. The molecule has 0 spiro atoms. The summed E-state index contributed by atoms with van der Waals surface area (Å²) in [5.41, 5.74) is 2.15. The molecule has 2 rings (SSSR count). The van der Waals surface area contributed by atoms with Crippen LogP contribution >= 0.6 is 11.6 Å². The number of allylic oxidation sites excluding steroid dienone is 4. The first-order valence-electron chi connectivity index (χ1n) is 7.12. The highest BCUT2D eigenvalue weighted by molar-refractivity contribution is 6.22. The molecule has 0 fully saturated rings. The second-order valence-electron chi connectivity index (χ2n) is 5.30. The van der Waals surface area contributed by atoms with Crippen molar-refractivity contribution in [1.82, 2.24) is 0 Å². The van der Waals surface area contributed by atoms with E-state index in [2.05, 4.69) is 6.58 Å². The minimum Gasteiger partial charge on any atom is -0.508 e. The lowest BCUT2D eigenvalue weighted by Crippen LogP contribution is -2.12. The molecule has 3 nitrogen and oxygen atoms in total. The predicted octanol–water partition coefficient (Wildman–Crippen LogP) is 3.87. The Balaban J connectivity index is 2.07. The molecule has 0 aromatic heterocycles. The molecular formula is C18H19ClO3. The fourth-order valence-electron chi connectivity index (χ4n) is 2.27. The van der Waals surface area contributed by atoms with Crippen molar-refractivity contribution < 1.29 is 14.6 Å². The van der Waals surface area contributed by atoms with Crippen molar-refractivity contribution in [2.45, 2.75) is 24.6 Å². The van der Waals surface area contributed by atoms with E-state index in [0.717, 1.165) is 11.1 Å². The minimum absolute atomic E-state index is 0.0652. The normalized spacial score (nSPS) is 19.9. The summed E-state index contributed by atoms with van der Waals surface area (Å²) in [5, 5.41) is 9.89. The Morgan fingerprint density at radius 3 is 2.77 bits per heavy atom. The average molecular weight is 319 g/mol. The SMILES string of the molecule is C=C(C)C(=O)OCCc1ccc(O)c(C2C=CC=CC2Cl)c1. The van der Waals surface area contributed by atoms with Gasteiger partial charge in [0.2, 0.25) is 0 Å². The smallest absolute Gasteiger partial charge is 0.333 e. The molecule has 2 atom stereocenters. The first-order chi connectivity index (χ1) is 10.5. The first-order valence-corrected chi connectivity index (χ1v) is 7.56. The van der Waals surface area contributed by atoms with Crippen LogP contribution in [0.25, 0.3) is 0 Å². The number of rotatable bonds is 5. The number of aromatic hydroxyl groups is 1. The van der Waals surface area contributed by atoms with Gasteiger partial charge in [-0.05, 0) is 18.6 Å². The third kappa shape index (κ3) is 4.01. The van der Waals surface area contributed by atoms with Crippen LogP contribution in [0.5, 0.6) is 5.75 Å². The van der Waals surface area contributed by atoms with E-state index in [1.807, 2.05) is 36.4 Å². The summed E-state index contributed by atoms with van der Waals surface area (Å²) in [6, 6.07) is 5.38. The zero-order valence-electron chi connectivity index (χ0n) is 12.5. The van der Waals surface area contributed by atoms with Crippen molar-refractivity contribution in [3.63, 3.8) is 0 Å². The molecule has 1 aliphatic carbocycles. The van der Waals surface area contributed by atoms with E-state index in [1.54, 1.807) is 13.0 Å². The molecule has 1 aromatic carbocycles. The van der Waals surface area contributed by atoms with Crippen LogP contribution in [0.3, 0.4) is 0 Å². The van der Waals surface area contributed by atoms with E-state index in [9.17, 15) is 9.90 Å². The number of esters is 1. The second-order valence-corrected chi connectivity index (χ2v) is 5.80. The molecule has 0 saturated heterocycles. The van der Waals surface area contributed by atoms with Gasteiger partial charge in [-0.1, -0.05) is 43.0 Å². The van der Waals surface area contributed by atoms with Crippen molar-refractivity contribution in [1.29, 1.82) is 0 Å². The van der Waals surface area contributed by atoms with Crippen LogP contribution in [-0.2, 0) is 16.0 Å². The Morgan fingerprint density at radius 1 is 1.36 bits per heavy atom. The Bertz CT molecular complexity index is 631. The Kier molecular flexibility index (Phi) is 5.45. The number of phenols is 1. The fraction of sp³-hybridized carbons (Fsp3) is 0.278. The topological polar surface area (TPSA) is 46.5 Å². The predicted molar refractivity (Wildman–Crippen MR) is 88.2 cm³/mol. The van der Waals surface area contributed by atoms with Crippen molar-refractivity contribution in [3.05, 3.63) is 65.8 Å². The number of carbonyl (C=O) groups is 1. The molecule has 0 amide bonds. The van der Waals surface area contributed by atoms with Gasteiger partial charge in [-0.25, -0.2) is 4.79 Å². The van der Waals surface area contributed by atoms with E-state index in [4.69, 9.17) is 16.3 Å². The molecular weight excluding hydrogens is 300 g/mol. The first kappa shape index (κ1) is 16.4. The Hall–Kier alpha value is -2.00. The van der Waals surface area contributed by atoms with Crippen LogP contribution in [0.15, 0.2) is 54.7 Å². The van der Waals surface area contributed by atoms with Crippen molar-refractivity contribution >= 4 is 17.6 Å². The largest absolute Gasteiger partial charge is 0.508 e. The molecule has 0 saturated carbocycles. The zero-order valence-corrected chi connectivity index (χ0v) is 13.2. The van der Waals surface area contributed by atoms with Gasteiger partial charge in [0.15, 0.2) is 0 Å². The molecule has 1 aliphatic rings. The van der Waals surface area contributed by atoms with Crippen LogP contribution in [0.1, 0.15) is 24.0 Å². The van der Waals surface area contributed by atoms with Gasteiger partial charge in [0, 0.05) is 23.5 Å². The number of hydrogen-bond donors (Lipinski definition) is 1. The molecule has 4 heteroatoms. The minimum atomic E-state index is -0.389. The van der Waals surface area contributed by atoms with Crippen LogP contribution in [-0.4, -0.2) is 23.1 Å². The monoisotopic (exact) mass is 318 g/mol. The van der Waals surface area contributed by atoms with Gasteiger partial charge in [-0.15, -0.1) is 11.6 Å². The lowest BCUT2D eigenvalue weighted by molar-refractivity contribution is -0.138. The maximum Gasteiger partial charge on any atom is 0.333 e. The summed E-state index contributed by atoms with van der Waals surface area (Å²) < 4.78 is 5.09. The summed E-state index contributed by atoms with van der Waals surface area (Å²) >= 11 is 6.29. The lowest BCUT2D eigenvalue weighted by Gasteiger charge is -2.21. The average Bonchev–Trinajstić information content (AvgIpc) is 2.49. The van der Waals surface area contributed by atoms with E-state index < -0.39 is 0 Å². The Morgan fingerprint density at radius 2 is 2.09 bits per heavy atom. The van der Waals surface area contributed by atoms with Crippen molar-refractivity contribution in [3.8, 4) is 5.75 Å². The molecule has 0 aliphatic heterocycles. The molecule has 1 N–H and O–H groups in total. The van der Waals surface area contributed by atoms with Gasteiger partial charge in [0.25, 0.3) is 0 Å². The number of alkyl halides is 1. The summed E-state index contributed by atoms with van der Waals surface area (Å²) in [6.45, 7) is 5.43. The second kappa shape index (κ2) is 7.32. The summed E-state index contributed by atoms with van der Waals surface area (Å²) in [6.07, 6.45) is 8.26. The van der Waals surface area contributed by atoms with Gasteiger partial charge in [0.05, 0.1) is 12.0 Å². The quantitative estimate of drug-likeness (QED) is 0.509. The molecule has 0 bridgehead atoms. The van der Waals surface area contributed by atoms with Crippen LogP contribution in [0, 0.1) is 0 Å². The molecule has 22 heavy (non-hydrogen) atoms. The number of hydrogen-bond acceptors (Lipinski definition) is 3. The third-order valence-corrected chi connectivity index (χ3v) is 3.91.